The summed E-state index contributed by atoms with van der Waals surface area (Å²) in [7, 11) is 0. The molecule has 1 saturated heterocycles. The van der Waals surface area contributed by atoms with Crippen molar-refractivity contribution in [3.63, 3.8) is 0 Å². The van der Waals surface area contributed by atoms with E-state index in [-0.39, 0.29) is 0 Å². The second kappa shape index (κ2) is 4.60. The monoisotopic (exact) mass is 250 g/mol. The lowest BCUT2D eigenvalue weighted by Gasteiger charge is -2.25. The Morgan fingerprint density at radius 2 is 2.24 bits per heavy atom. The molecule has 3 heterocycles. The molecule has 2 aromatic heterocycles. The van der Waals surface area contributed by atoms with Crippen LogP contribution in [0.25, 0.3) is 10.2 Å². The van der Waals surface area contributed by atoms with E-state index in [9.17, 15) is 5.11 Å². The summed E-state index contributed by atoms with van der Waals surface area (Å²) in [6.07, 6.45) is 1.64. The second-order valence-corrected chi connectivity index (χ2v) is 5.28. The van der Waals surface area contributed by atoms with Crippen molar-refractivity contribution in [3.8, 4) is 5.75 Å². The number of ether oxygens (including phenoxy) is 1. The third kappa shape index (κ3) is 2.26. The number of morpholine rings is 1. The normalized spacial score (nSPS) is 17.6. The fourth-order valence-corrected chi connectivity index (χ4v) is 3.10. The van der Waals surface area contributed by atoms with E-state index in [2.05, 4.69) is 16.0 Å². The van der Waals surface area contributed by atoms with Gasteiger partial charge >= 0.3 is 0 Å². The van der Waals surface area contributed by atoms with Gasteiger partial charge in [0.15, 0.2) is 0 Å². The molecule has 1 aliphatic heterocycles. The number of aromatic hydroxyl groups is 1. The van der Waals surface area contributed by atoms with Gasteiger partial charge in [-0.15, -0.1) is 11.3 Å². The largest absolute Gasteiger partial charge is 0.506 e. The lowest BCUT2D eigenvalue weighted by atomic mass is 10.3. The van der Waals surface area contributed by atoms with E-state index in [1.165, 1.54) is 4.88 Å². The number of aromatic nitrogens is 1. The summed E-state index contributed by atoms with van der Waals surface area (Å²) in [6, 6.07) is 3.70. The van der Waals surface area contributed by atoms with E-state index < -0.39 is 0 Å². The highest BCUT2D eigenvalue weighted by Crippen LogP contribution is 2.31. The van der Waals surface area contributed by atoms with Gasteiger partial charge in [0.05, 0.1) is 23.4 Å². The van der Waals surface area contributed by atoms with Gasteiger partial charge in [-0.05, 0) is 12.1 Å². The molecule has 0 aliphatic carbocycles. The van der Waals surface area contributed by atoms with Crippen LogP contribution in [0, 0.1) is 0 Å². The fraction of sp³-hybridized carbons (Fsp3) is 0.417. The van der Waals surface area contributed by atoms with Crippen molar-refractivity contribution in [1.29, 1.82) is 0 Å². The van der Waals surface area contributed by atoms with Crippen molar-refractivity contribution in [2.45, 2.75) is 6.54 Å². The summed E-state index contributed by atoms with van der Waals surface area (Å²) < 4.78 is 6.21. The summed E-state index contributed by atoms with van der Waals surface area (Å²) in [6.45, 7) is 4.51. The Kier molecular flexibility index (Phi) is 2.96. The molecular formula is C12H14N2O2S. The van der Waals surface area contributed by atoms with Crippen LogP contribution in [0.4, 0.5) is 0 Å². The van der Waals surface area contributed by atoms with Crippen molar-refractivity contribution >= 4 is 21.6 Å². The molecule has 3 rings (SSSR count). The van der Waals surface area contributed by atoms with Crippen LogP contribution in [0.1, 0.15) is 4.88 Å². The SMILES string of the molecule is Oc1ccnc2cc(CN3CCOCC3)sc12. The van der Waals surface area contributed by atoms with E-state index in [1.54, 1.807) is 23.6 Å². The Hall–Kier alpha value is -1.17. The smallest absolute Gasteiger partial charge is 0.136 e. The lowest BCUT2D eigenvalue weighted by Crippen LogP contribution is -2.35. The maximum Gasteiger partial charge on any atom is 0.136 e. The highest BCUT2D eigenvalue weighted by atomic mass is 32.1. The lowest BCUT2D eigenvalue weighted by molar-refractivity contribution is 0.0346. The molecule has 1 aliphatic rings. The summed E-state index contributed by atoms with van der Waals surface area (Å²) in [4.78, 5) is 7.88. The quantitative estimate of drug-likeness (QED) is 0.883. The molecule has 0 radical (unpaired) electrons. The number of thiophene rings is 1. The number of nitrogens with zero attached hydrogens (tertiary/aromatic N) is 2. The van der Waals surface area contributed by atoms with Crippen LogP contribution in [0.2, 0.25) is 0 Å². The van der Waals surface area contributed by atoms with Crippen LogP contribution >= 0.6 is 11.3 Å². The summed E-state index contributed by atoms with van der Waals surface area (Å²) in [5.74, 6) is 0.327. The topological polar surface area (TPSA) is 45.6 Å². The molecule has 2 aromatic rings. The average molecular weight is 250 g/mol. The molecule has 1 N–H and O–H groups in total. The first-order valence-electron chi connectivity index (χ1n) is 5.69. The molecule has 1 fully saturated rings. The van der Waals surface area contributed by atoms with Crippen molar-refractivity contribution in [3.05, 3.63) is 23.2 Å². The minimum atomic E-state index is 0.327. The van der Waals surface area contributed by atoms with E-state index in [1.807, 2.05) is 0 Å². The predicted molar refractivity (Wildman–Crippen MR) is 67.4 cm³/mol. The Bertz CT molecular complexity index is 520. The zero-order valence-corrected chi connectivity index (χ0v) is 10.2. The number of pyridine rings is 1. The Labute approximate surface area is 103 Å². The van der Waals surface area contributed by atoms with Gasteiger partial charge < -0.3 is 9.84 Å². The van der Waals surface area contributed by atoms with Crippen molar-refractivity contribution in [2.75, 3.05) is 26.3 Å². The molecule has 0 aromatic carbocycles. The molecule has 0 saturated carbocycles. The van der Waals surface area contributed by atoms with Gasteiger partial charge in [0.25, 0.3) is 0 Å². The molecule has 0 bridgehead atoms. The Morgan fingerprint density at radius 3 is 3.00 bits per heavy atom. The zero-order valence-electron chi connectivity index (χ0n) is 9.43. The van der Waals surface area contributed by atoms with Crippen LogP contribution in [0.15, 0.2) is 18.3 Å². The highest BCUT2D eigenvalue weighted by molar-refractivity contribution is 7.19. The van der Waals surface area contributed by atoms with Crippen molar-refractivity contribution in [2.24, 2.45) is 0 Å². The first-order chi connectivity index (χ1) is 8.33. The van der Waals surface area contributed by atoms with Crippen LogP contribution in [0.5, 0.6) is 5.75 Å². The number of hydrogen-bond acceptors (Lipinski definition) is 5. The summed E-state index contributed by atoms with van der Waals surface area (Å²) in [5.41, 5.74) is 0.887. The first-order valence-corrected chi connectivity index (χ1v) is 6.51. The number of hydrogen-bond donors (Lipinski definition) is 1. The predicted octanol–water partition coefficient (Wildman–Crippen LogP) is 1.83. The van der Waals surface area contributed by atoms with Crippen LogP contribution in [-0.4, -0.2) is 41.3 Å². The van der Waals surface area contributed by atoms with Crippen molar-refractivity contribution in [1.82, 2.24) is 9.88 Å². The van der Waals surface area contributed by atoms with E-state index in [4.69, 9.17) is 4.74 Å². The minimum Gasteiger partial charge on any atom is -0.506 e. The third-order valence-corrected chi connectivity index (χ3v) is 4.06. The molecule has 4 nitrogen and oxygen atoms in total. The van der Waals surface area contributed by atoms with Gasteiger partial charge in [-0.25, -0.2) is 0 Å². The molecule has 90 valence electrons. The van der Waals surface area contributed by atoms with Crippen LogP contribution in [0.3, 0.4) is 0 Å². The van der Waals surface area contributed by atoms with Gasteiger partial charge in [-0.2, -0.15) is 0 Å². The van der Waals surface area contributed by atoms with Gasteiger partial charge in [0.2, 0.25) is 0 Å². The average Bonchev–Trinajstić information content (AvgIpc) is 2.74. The Balaban J connectivity index is 1.83. The van der Waals surface area contributed by atoms with E-state index in [0.29, 0.717) is 5.75 Å². The summed E-state index contributed by atoms with van der Waals surface area (Å²) in [5, 5.41) is 9.73. The molecule has 0 unspecified atom stereocenters. The third-order valence-electron chi connectivity index (χ3n) is 2.93. The molecular weight excluding hydrogens is 236 g/mol. The van der Waals surface area contributed by atoms with Crippen LogP contribution in [-0.2, 0) is 11.3 Å². The van der Waals surface area contributed by atoms with Gasteiger partial charge in [0.1, 0.15) is 5.75 Å². The van der Waals surface area contributed by atoms with E-state index >= 15 is 0 Å². The van der Waals surface area contributed by atoms with E-state index in [0.717, 1.165) is 43.1 Å². The minimum absolute atomic E-state index is 0.327. The summed E-state index contributed by atoms with van der Waals surface area (Å²) >= 11 is 1.62. The molecule has 5 heteroatoms. The van der Waals surface area contributed by atoms with Gasteiger partial charge in [0, 0.05) is 30.7 Å². The maximum absolute atomic E-state index is 9.73. The molecule has 0 atom stereocenters. The first kappa shape index (κ1) is 11.0. The molecule has 0 amide bonds. The molecule has 17 heavy (non-hydrogen) atoms. The van der Waals surface area contributed by atoms with Gasteiger partial charge in [-0.1, -0.05) is 0 Å². The standard InChI is InChI=1S/C12H14N2O2S/c15-11-1-2-13-10-7-9(17-12(10)11)8-14-3-5-16-6-4-14/h1-2,7H,3-6,8H2,(H,13,15). The van der Waals surface area contributed by atoms with Crippen molar-refractivity contribution < 1.29 is 9.84 Å². The fourth-order valence-electron chi connectivity index (χ4n) is 2.03. The highest BCUT2D eigenvalue weighted by Gasteiger charge is 2.13. The van der Waals surface area contributed by atoms with Crippen LogP contribution < -0.4 is 0 Å². The number of rotatable bonds is 2. The maximum atomic E-state index is 9.73. The molecule has 0 spiro atoms. The number of fused-ring (bicyclic) bond motifs is 1. The Morgan fingerprint density at radius 1 is 1.41 bits per heavy atom. The van der Waals surface area contributed by atoms with Gasteiger partial charge in [-0.3, -0.25) is 9.88 Å². The second-order valence-electron chi connectivity index (χ2n) is 4.15. The zero-order chi connectivity index (χ0) is 11.7.